The number of nitrogens with one attached hydrogen (secondary N) is 1. The summed E-state index contributed by atoms with van der Waals surface area (Å²) in [5.74, 6) is -1.40. The van der Waals surface area contributed by atoms with Crippen LogP contribution in [0.1, 0.15) is 43.9 Å². The molecule has 1 unspecified atom stereocenters. The maximum Gasteiger partial charge on any atom is 0.264 e. The third-order valence-corrected chi connectivity index (χ3v) is 8.21. The second-order valence-electron chi connectivity index (χ2n) is 9.84. The van der Waals surface area contributed by atoms with Crippen molar-refractivity contribution in [1.82, 2.24) is 10.2 Å². The second kappa shape index (κ2) is 12.9. The maximum atomic E-state index is 14.0. The molecule has 3 aromatic rings. The zero-order chi connectivity index (χ0) is 28.7. The first-order valence-corrected chi connectivity index (χ1v) is 14.4. The summed E-state index contributed by atoms with van der Waals surface area (Å²) in [7, 11) is -4.20. The van der Waals surface area contributed by atoms with E-state index in [9.17, 15) is 22.4 Å². The molecule has 0 aliphatic heterocycles. The van der Waals surface area contributed by atoms with E-state index in [1.807, 2.05) is 58.9 Å². The number of aryl methyl sites for hydroxylation is 2. The van der Waals surface area contributed by atoms with Gasteiger partial charge in [0.25, 0.3) is 10.0 Å². The van der Waals surface area contributed by atoms with Crippen LogP contribution in [0.2, 0.25) is 0 Å². The van der Waals surface area contributed by atoms with Crippen molar-refractivity contribution in [1.29, 1.82) is 0 Å². The van der Waals surface area contributed by atoms with E-state index in [0.717, 1.165) is 33.1 Å². The molecule has 1 N–H and O–H groups in total. The summed E-state index contributed by atoms with van der Waals surface area (Å²) in [4.78, 5) is 28.6. The van der Waals surface area contributed by atoms with Gasteiger partial charge in [-0.1, -0.05) is 48.9 Å². The number of nitrogens with zero attached hydrogens (tertiary/aromatic N) is 2. The van der Waals surface area contributed by atoms with Gasteiger partial charge in [-0.3, -0.25) is 13.9 Å². The Morgan fingerprint density at radius 3 is 2.10 bits per heavy atom. The molecule has 0 heterocycles. The fourth-order valence-corrected chi connectivity index (χ4v) is 5.66. The predicted octanol–water partition coefficient (Wildman–Crippen LogP) is 4.97. The van der Waals surface area contributed by atoms with E-state index >= 15 is 0 Å². The minimum Gasteiger partial charge on any atom is -0.352 e. The van der Waals surface area contributed by atoms with Crippen molar-refractivity contribution in [3.63, 3.8) is 0 Å². The Morgan fingerprint density at radius 1 is 0.923 bits per heavy atom. The summed E-state index contributed by atoms with van der Waals surface area (Å²) in [5, 5.41) is 2.88. The van der Waals surface area contributed by atoms with Gasteiger partial charge in [0.1, 0.15) is 18.4 Å². The fourth-order valence-electron chi connectivity index (χ4n) is 4.24. The Kier molecular flexibility index (Phi) is 9.86. The minimum absolute atomic E-state index is 0.000251. The van der Waals surface area contributed by atoms with Crippen LogP contribution >= 0.6 is 0 Å². The van der Waals surface area contributed by atoms with Crippen LogP contribution in [-0.2, 0) is 26.2 Å². The molecule has 0 radical (unpaired) electrons. The highest BCUT2D eigenvalue weighted by atomic mass is 32.2. The normalized spacial score (nSPS) is 12.2. The van der Waals surface area contributed by atoms with Crippen molar-refractivity contribution >= 4 is 27.5 Å². The molecule has 3 aromatic carbocycles. The van der Waals surface area contributed by atoms with E-state index in [1.165, 1.54) is 29.2 Å². The molecule has 0 spiro atoms. The molecule has 0 saturated carbocycles. The van der Waals surface area contributed by atoms with Gasteiger partial charge >= 0.3 is 0 Å². The lowest BCUT2D eigenvalue weighted by molar-refractivity contribution is -0.140. The quantitative estimate of drug-likeness (QED) is 0.363. The van der Waals surface area contributed by atoms with E-state index in [4.69, 9.17) is 0 Å². The van der Waals surface area contributed by atoms with Gasteiger partial charge in [-0.15, -0.1) is 0 Å². The van der Waals surface area contributed by atoms with E-state index in [0.29, 0.717) is 6.42 Å². The van der Waals surface area contributed by atoms with Crippen molar-refractivity contribution < 1.29 is 22.4 Å². The lowest BCUT2D eigenvalue weighted by Crippen LogP contribution is -2.53. The lowest BCUT2D eigenvalue weighted by Gasteiger charge is -2.34. The van der Waals surface area contributed by atoms with Gasteiger partial charge in [-0.2, -0.15) is 0 Å². The highest BCUT2D eigenvalue weighted by Gasteiger charge is 2.34. The third kappa shape index (κ3) is 7.44. The van der Waals surface area contributed by atoms with Crippen molar-refractivity contribution in [3.05, 3.63) is 95.3 Å². The number of anilines is 1. The van der Waals surface area contributed by atoms with Crippen molar-refractivity contribution in [2.24, 2.45) is 0 Å². The zero-order valence-electron chi connectivity index (χ0n) is 23.0. The standard InChI is InChI=1S/C30H36FN3O4S/c1-6-28(30(36)32-21(2)3)33(19-24-10-8-7-9-23(24)5)29(35)20-34(26-15-13-25(31)14-16-26)39(37,38)27-17-11-22(4)12-18-27/h7-18,21,28H,6,19-20H2,1-5H3,(H,32,36). The average Bonchev–Trinajstić information content (AvgIpc) is 2.88. The van der Waals surface area contributed by atoms with Crippen LogP contribution in [0.25, 0.3) is 0 Å². The van der Waals surface area contributed by atoms with E-state index in [1.54, 1.807) is 12.1 Å². The molecule has 2 amide bonds. The lowest BCUT2D eigenvalue weighted by atomic mass is 10.1. The topological polar surface area (TPSA) is 86.8 Å². The Labute approximate surface area is 230 Å². The van der Waals surface area contributed by atoms with Crippen LogP contribution in [0.3, 0.4) is 0 Å². The number of halogens is 1. The van der Waals surface area contributed by atoms with Gasteiger partial charge in [0.2, 0.25) is 11.8 Å². The van der Waals surface area contributed by atoms with Crippen LogP contribution in [0, 0.1) is 19.7 Å². The molecule has 208 valence electrons. The van der Waals surface area contributed by atoms with Gasteiger partial charge in [0.05, 0.1) is 10.6 Å². The number of benzene rings is 3. The molecule has 7 nitrogen and oxygen atoms in total. The third-order valence-electron chi connectivity index (χ3n) is 6.42. The molecule has 0 aromatic heterocycles. The number of hydrogen-bond acceptors (Lipinski definition) is 4. The summed E-state index contributed by atoms with van der Waals surface area (Å²) in [6.07, 6.45) is 0.331. The number of carbonyl (C=O) groups is 2. The summed E-state index contributed by atoms with van der Waals surface area (Å²) in [6.45, 7) is 8.79. The highest BCUT2D eigenvalue weighted by molar-refractivity contribution is 7.92. The van der Waals surface area contributed by atoms with Crippen LogP contribution in [0.4, 0.5) is 10.1 Å². The summed E-state index contributed by atoms with van der Waals surface area (Å²) >= 11 is 0. The summed E-state index contributed by atoms with van der Waals surface area (Å²) < 4.78 is 42.3. The van der Waals surface area contributed by atoms with Gasteiger partial charge in [-0.25, -0.2) is 12.8 Å². The maximum absolute atomic E-state index is 14.0. The Bertz CT molecular complexity index is 1390. The first-order chi connectivity index (χ1) is 18.4. The summed E-state index contributed by atoms with van der Waals surface area (Å²) in [5.41, 5.74) is 2.80. The smallest absolute Gasteiger partial charge is 0.264 e. The number of amides is 2. The number of rotatable bonds is 11. The number of hydrogen-bond donors (Lipinski definition) is 1. The van der Waals surface area contributed by atoms with Gasteiger partial charge in [0.15, 0.2) is 0 Å². The molecule has 9 heteroatoms. The molecule has 1 atom stereocenters. The molecule has 0 saturated heterocycles. The molecule has 0 aliphatic carbocycles. The Balaban J connectivity index is 2.07. The van der Waals surface area contributed by atoms with Crippen LogP contribution < -0.4 is 9.62 Å². The van der Waals surface area contributed by atoms with Crippen LogP contribution in [-0.4, -0.2) is 43.8 Å². The zero-order valence-corrected chi connectivity index (χ0v) is 23.8. The Morgan fingerprint density at radius 2 is 1.54 bits per heavy atom. The molecule has 0 fully saturated rings. The average molecular weight is 554 g/mol. The first kappa shape index (κ1) is 29.8. The van der Waals surface area contributed by atoms with Crippen LogP contribution in [0.15, 0.2) is 77.7 Å². The fraction of sp³-hybridized carbons (Fsp3) is 0.333. The number of carbonyl (C=O) groups excluding carboxylic acids is 2. The monoisotopic (exact) mass is 553 g/mol. The second-order valence-corrected chi connectivity index (χ2v) is 11.7. The SMILES string of the molecule is CCC(C(=O)NC(C)C)N(Cc1ccccc1C)C(=O)CN(c1ccc(F)cc1)S(=O)(=O)c1ccc(C)cc1. The van der Waals surface area contributed by atoms with Crippen molar-refractivity contribution in [2.75, 3.05) is 10.8 Å². The minimum atomic E-state index is -4.20. The highest BCUT2D eigenvalue weighted by Crippen LogP contribution is 2.25. The van der Waals surface area contributed by atoms with E-state index < -0.39 is 34.3 Å². The molecule has 3 rings (SSSR count). The molecule has 0 bridgehead atoms. The molecular formula is C30H36FN3O4S. The van der Waals surface area contributed by atoms with E-state index in [-0.39, 0.29) is 29.1 Å². The van der Waals surface area contributed by atoms with Crippen molar-refractivity contribution in [2.45, 2.75) is 64.6 Å². The molecular weight excluding hydrogens is 517 g/mol. The van der Waals surface area contributed by atoms with Crippen molar-refractivity contribution in [3.8, 4) is 0 Å². The predicted molar refractivity (Wildman–Crippen MR) is 151 cm³/mol. The van der Waals surface area contributed by atoms with Crippen LogP contribution in [0.5, 0.6) is 0 Å². The number of sulfonamides is 1. The Hall–Kier alpha value is -3.72. The largest absolute Gasteiger partial charge is 0.352 e. The van der Waals surface area contributed by atoms with Gasteiger partial charge < -0.3 is 10.2 Å². The molecule has 39 heavy (non-hydrogen) atoms. The molecule has 0 aliphatic rings. The van der Waals surface area contributed by atoms with E-state index in [2.05, 4.69) is 5.32 Å². The van der Waals surface area contributed by atoms with Gasteiger partial charge in [0, 0.05) is 12.6 Å². The first-order valence-electron chi connectivity index (χ1n) is 12.9. The van der Waals surface area contributed by atoms with Gasteiger partial charge in [-0.05, 0) is 81.6 Å². The summed E-state index contributed by atoms with van der Waals surface area (Å²) in [6, 6.07) is 17.8.